The zero-order valence-electron chi connectivity index (χ0n) is 25.5. The maximum absolute atomic E-state index is 13.6. The summed E-state index contributed by atoms with van der Waals surface area (Å²) >= 11 is 0. The van der Waals surface area contributed by atoms with E-state index in [4.69, 9.17) is 4.74 Å². The van der Waals surface area contributed by atoms with Crippen LogP contribution >= 0.6 is 0 Å². The highest BCUT2D eigenvalue weighted by molar-refractivity contribution is 7.92. The lowest BCUT2D eigenvalue weighted by Gasteiger charge is -2.39. The van der Waals surface area contributed by atoms with Gasteiger partial charge in [0.25, 0.3) is 0 Å². The van der Waals surface area contributed by atoms with Gasteiger partial charge < -0.3 is 24.8 Å². The molecule has 2 aliphatic rings. The number of anilines is 2. The van der Waals surface area contributed by atoms with Crippen molar-refractivity contribution in [3.05, 3.63) is 54.2 Å². The monoisotopic (exact) mass is 630 g/mol. The second kappa shape index (κ2) is 13.0. The Morgan fingerprint density at radius 1 is 0.977 bits per heavy atom. The summed E-state index contributed by atoms with van der Waals surface area (Å²) in [6.07, 6.45) is -0.331. The van der Waals surface area contributed by atoms with Crippen molar-refractivity contribution in [1.29, 1.82) is 0 Å². The van der Waals surface area contributed by atoms with Gasteiger partial charge in [0, 0.05) is 55.1 Å². The number of nitrogens with zero attached hydrogens (tertiary/aromatic N) is 2. The standard InChI is InChI=1S/C33H41F3N4O3S/c1-32(2,3)44(41,42)28-11-9-24(10-12-28)37-17-5-6-27-22-29-30(7-4-8-31(29)40(27)23-33(34,35)36)38-25-13-18-39(19-14-25)26-15-20-43-21-16-26/h4,7-12,22,25-26,37-38H,13-21,23H2,1-3H3. The summed E-state index contributed by atoms with van der Waals surface area (Å²) in [6.45, 7) is 7.62. The quantitative estimate of drug-likeness (QED) is 0.299. The molecule has 0 bridgehead atoms. The number of hydrogen-bond acceptors (Lipinski definition) is 6. The maximum atomic E-state index is 13.6. The van der Waals surface area contributed by atoms with Gasteiger partial charge in [-0.1, -0.05) is 12.0 Å². The molecule has 3 heterocycles. The Labute approximate surface area is 258 Å². The summed E-state index contributed by atoms with van der Waals surface area (Å²) < 4.78 is 72.1. The van der Waals surface area contributed by atoms with Gasteiger partial charge in [-0.2, -0.15) is 13.2 Å². The van der Waals surface area contributed by atoms with Crippen LogP contribution in [-0.2, 0) is 21.1 Å². The summed E-state index contributed by atoms with van der Waals surface area (Å²) in [5.41, 5.74) is 2.26. The van der Waals surface area contributed by atoms with Crippen molar-refractivity contribution in [2.24, 2.45) is 0 Å². The van der Waals surface area contributed by atoms with E-state index in [1.807, 2.05) is 6.07 Å². The van der Waals surface area contributed by atoms with Crippen molar-refractivity contribution in [2.75, 3.05) is 43.5 Å². The molecule has 2 fully saturated rings. The molecule has 3 aromatic rings. The Morgan fingerprint density at radius 3 is 2.30 bits per heavy atom. The fraction of sp³-hybridized carbons (Fsp3) is 0.515. The minimum absolute atomic E-state index is 0.176. The number of ether oxygens (including phenoxy) is 1. The van der Waals surface area contributed by atoms with Crippen LogP contribution in [0, 0.1) is 11.8 Å². The lowest BCUT2D eigenvalue weighted by atomic mass is 9.99. The Morgan fingerprint density at radius 2 is 1.66 bits per heavy atom. The summed E-state index contributed by atoms with van der Waals surface area (Å²) in [6, 6.07) is 14.4. The number of piperidine rings is 1. The van der Waals surface area contributed by atoms with E-state index in [9.17, 15) is 21.6 Å². The van der Waals surface area contributed by atoms with Crippen molar-refractivity contribution in [3.8, 4) is 11.8 Å². The van der Waals surface area contributed by atoms with E-state index in [1.54, 1.807) is 63.2 Å². The van der Waals surface area contributed by atoms with E-state index in [0.29, 0.717) is 17.2 Å². The second-order valence-electron chi connectivity index (χ2n) is 12.6. The largest absolute Gasteiger partial charge is 0.406 e. The molecular formula is C33H41F3N4O3S. The first-order valence-electron chi connectivity index (χ1n) is 15.2. The number of nitrogens with one attached hydrogen (secondary N) is 2. The van der Waals surface area contributed by atoms with Gasteiger partial charge in [0.05, 0.1) is 27.4 Å². The first-order valence-corrected chi connectivity index (χ1v) is 16.6. The molecule has 2 saturated heterocycles. The number of rotatable bonds is 7. The Hall–Kier alpha value is -3.20. The van der Waals surface area contributed by atoms with Crippen LogP contribution in [0.15, 0.2) is 53.4 Å². The van der Waals surface area contributed by atoms with Gasteiger partial charge in [0.2, 0.25) is 0 Å². The molecule has 5 rings (SSSR count). The summed E-state index contributed by atoms with van der Waals surface area (Å²) in [5.74, 6) is 5.87. The number of benzene rings is 2. The molecule has 2 aromatic carbocycles. The smallest absolute Gasteiger partial charge is 0.382 e. The van der Waals surface area contributed by atoms with E-state index < -0.39 is 27.3 Å². The number of aromatic nitrogens is 1. The highest BCUT2D eigenvalue weighted by Gasteiger charge is 2.32. The molecule has 2 N–H and O–H groups in total. The van der Waals surface area contributed by atoms with E-state index in [-0.39, 0.29) is 23.2 Å². The molecular weight excluding hydrogens is 589 g/mol. The molecule has 0 saturated carbocycles. The summed E-state index contributed by atoms with van der Waals surface area (Å²) in [4.78, 5) is 2.78. The number of sulfone groups is 1. The average molecular weight is 631 g/mol. The SMILES string of the molecule is CC(C)(C)S(=O)(=O)c1ccc(NCC#Cc2cc3c(NC4CCN(C5CCOCC5)CC4)cccc3n2CC(F)(F)F)cc1. The highest BCUT2D eigenvalue weighted by Crippen LogP contribution is 2.32. The van der Waals surface area contributed by atoms with Crippen LogP contribution in [0.5, 0.6) is 0 Å². The third kappa shape index (κ3) is 7.53. The van der Waals surface area contributed by atoms with Crippen molar-refractivity contribution in [3.63, 3.8) is 0 Å². The molecule has 0 unspecified atom stereocenters. The van der Waals surface area contributed by atoms with Gasteiger partial charge in [0.1, 0.15) is 6.54 Å². The number of fused-ring (bicyclic) bond motifs is 1. The number of likely N-dealkylation sites (tertiary alicyclic amines) is 1. The molecule has 44 heavy (non-hydrogen) atoms. The van der Waals surface area contributed by atoms with Crippen molar-refractivity contribution in [2.45, 2.75) is 80.9 Å². The van der Waals surface area contributed by atoms with E-state index in [2.05, 4.69) is 27.4 Å². The average Bonchev–Trinajstić information content (AvgIpc) is 3.32. The highest BCUT2D eigenvalue weighted by atomic mass is 32.2. The lowest BCUT2D eigenvalue weighted by Crippen LogP contribution is -2.46. The van der Waals surface area contributed by atoms with Gasteiger partial charge in [-0.15, -0.1) is 0 Å². The van der Waals surface area contributed by atoms with Crippen molar-refractivity contribution < 1.29 is 26.3 Å². The minimum Gasteiger partial charge on any atom is -0.382 e. The minimum atomic E-state index is -4.41. The van der Waals surface area contributed by atoms with Gasteiger partial charge in [-0.05, 0) is 94.8 Å². The van der Waals surface area contributed by atoms with Crippen molar-refractivity contribution in [1.82, 2.24) is 9.47 Å². The number of alkyl halides is 3. The fourth-order valence-corrected chi connectivity index (χ4v) is 7.13. The number of halogens is 3. The Balaban J connectivity index is 1.29. The van der Waals surface area contributed by atoms with Gasteiger partial charge >= 0.3 is 6.18 Å². The van der Waals surface area contributed by atoms with Gasteiger partial charge in [-0.3, -0.25) is 0 Å². The predicted octanol–water partition coefficient (Wildman–Crippen LogP) is 6.29. The maximum Gasteiger partial charge on any atom is 0.406 e. The molecule has 0 radical (unpaired) electrons. The Bertz CT molecular complexity index is 1600. The molecule has 2 aliphatic heterocycles. The summed E-state index contributed by atoms with van der Waals surface area (Å²) in [7, 11) is -3.47. The van der Waals surface area contributed by atoms with Crippen LogP contribution in [0.1, 0.15) is 52.1 Å². The zero-order chi connectivity index (χ0) is 31.5. The molecule has 0 atom stereocenters. The van der Waals surface area contributed by atoms with Crippen LogP contribution in [0.2, 0.25) is 0 Å². The van der Waals surface area contributed by atoms with Gasteiger partial charge in [-0.25, -0.2) is 8.42 Å². The lowest BCUT2D eigenvalue weighted by molar-refractivity contribution is -0.140. The van der Waals surface area contributed by atoms with E-state index >= 15 is 0 Å². The first-order chi connectivity index (χ1) is 20.8. The summed E-state index contributed by atoms with van der Waals surface area (Å²) in [5, 5.41) is 7.44. The zero-order valence-corrected chi connectivity index (χ0v) is 26.3. The van der Waals surface area contributed by atoms with Crippen LogP contribution < -0.4 is 10.6 Å². The van der Waals surface area contributed by atoms with Crippen LogP contribution in [0.3, 0.4) is 0 Å². The van der Waals surface area contributed by atoms with Crippen LogP contribution in [0.25, 0.3) is 10.9 Å². The topological polar surface area (TPSA) is 75.6 Å². The molecule has 1 aromatic heterocycles. The predicted molar refractivity (Wildman–Crippen MR) is 169 cm³/mol. The molecule has 7 nitrogen and oxygen atoms in total. The van der Waals surface area contributed by atoms with Gasteiger partial charge in [0.15, 0.2) is 9.84 Å². The number of hydrogen-bond donors (Lipinski definition) is 2. The molecule has 0 spiro atoms. The Kier molecular flexibility index (Phi) is 9.54. The molecule has 11 heteroatoms. The van der Waals surface area contributed by atoms with Crippen LogP contribution in [-0.4, -0.2) is 73.7 Å². The second-order valence-corrected chi connectivity index (χ2v) is 15.3. The first kappa shape index (κ1) is 32.2. The third-order valence-electron chi connectivity index (χ3n) is 8.45. The van der Waals surface area contributed by atoms with Crippen LogP contribution in [0.4, 0.5) is 24.5 Å². The van der Waals surface area contributed by atoms with Crippen molar-refractivity contribution >= 4 is 32.1 Å². The molecule has 0 amide bonds. The third-order valence-corrected chi connectivity index (χ3v) is 11.0. The molecule has 238 valence electrons. The molecule has 0 aliphatic carbocycles. The fourth-order valence-electron chi connectivity index (χ4n) is 5.93. The van der Waals surface area contributed by atoms with E-state index in [1.165, 1.54) is 4.57 Å². The normalized spacial score (nSPS) is 17.8. The van der Waals surface area contributed by atoms with E-state index in [0.717, 1.165) is 63.1 Å².